The molecule has 0 aromatic carbocycles. The van der Waals surface area contributed by atoms with E-state index in [0.29, 0.717) is 26.1 Å². The molecule has 1 amide bonds. The summed E-state index contributed by atoms with van der Waals surface area (Å²) in [4.78, 5) is 30.0. The topological polar surface area (TPSA) is 82.5 Å². The number of carbonyl (C=O) groups is 1. The van der Waals surface area contributed by atoms with Crippen LogP contribution in [0.4, 0.5) is 5.82 Å². The molecule has 0 atom stereocenters. The molecule has 0 N–H and O–H groups in total. The zero-order chi connectivity index (χ0) is 22.1. The third kappa shape index (κ3) is 4.05. The maximum absolute atomic E-state index is 13.1. The number of hydrogen-bond acceptors (Lipinski definition) is 8. The van der Waals surface area contributed by atoms with E-state index in [-0.39, 0.29) is 23.6 Å². The molecule has 0 radical (unpaired) electrons. The first-order valence-electron chi connectivity index (χ1n) is 9.66. The van der Waals surface area contributed by atoms with Crippen LogP contribution in [0.15, 0.2) is 32.5 Å². The fourth-order valence-electron chi connectivity index (χ4n) is 3.70. The highest BCUT2D eigenvalue weighted by Crippen LogP contribution is 2.36. The van der Waals surface area contributed by atoms with Crippen molar-refractivity contribution < 1.29 is 9.21 Å². The summed E-state index contributed by atoms with van der Waals surface area (Å²) in [5.74, 6) is 3.08. The Labute approximate surface area is 193 Å². The number of amides is 1. The molecule has 160 valence electrons. The van der Waals surface area contributed by atoms with E-state index in [4.69, 9.17) is 16.6 Å². The largest absolute Gasteiger partial charge is 0.467 e. The molecule has 2 saturated heterocycles. The summed E-state index contributed by atoms with van der Waals surface area (Å²) in [7, 11) is 1.68. The van der Waals surface area contributed by atoms with Crippen molar-refractivity contribution in [2.75, 3.05) is 29.5 Å². The van der Waals surface area contributed by atoms with Crippen LogP contribution in [-0.4, -0.2) is 44.3 Å². The Morgan fingerprint density at radius 3 is 2.71 bits per heavy atom. The second kappa shape index (κ2) is 8.94. The Kier molecular flexibility index (Phi) is 6.27. The number of carbonyl (C=O) groups excluding carboxylic acids is 1. The summed E-state index contributed by atoms with van der Waals surface area (Å²) in [6.45, 7) is 3.62. The Morgan fingerprint density at radius 1 is 1.32 bits per heavy atom. The van der Waals surface area contributed by atoms with Crippen molar-refractivity contribution in [3.63, 3.8) is 0 Å². The fourth-order valence-corrected chi connectivity index (χ4v) is 5.84. The summed E-state index contributed by atoms with van der Waals surface area (Å²) < 4.78 is 7.33. The first-order valence-corrected chi connectivity index (χ1v) is 12.0. The van der Waals surface area contributed by atoms with Crippen LogP contribution in [0.2, 0.25) is 0 Å². The van der Waals surface area contributed by atoms with Crippen molar-refractivity contribution in [3.05, 3.63) is 56.1 Å². The molecule has 0 spiro atoms. The van der Waals surface area contributed by atoms with E-state index in [0.717, 1.165) is 30.4 Å². The average Bonchev–Trinajstić information content (AvgIpc) is 3.37. The highest BCUT2D eigenvalue weighted by atomic mass is 32.2. The van der Waals surface area contributed by atoms with Gasteiger partial charge in [-0.1, -0.05) is 24.0 Å². The van der Waals surface area contributed by atoms with Crippen molar-refractivity contribution in [2.45, 2.75) is 13.5 Å². The van der Waals surface area contributed by atoms with Gasteiger partial charge in [-0.15, -0.1) is 0 Å². The number of hydrogen-bond donors (Lipinski definition) is 0. The summed E-state index contributed by atoms with van der Waals surface area (Å²) in [5.41, 5.74) is 1.06. The summed E-state index contributed by atoms with van der Waals surface area (Å²) in [6, 6.07) is 5.60. The lowest BCUT2D eigenvalue weighted by molar-refractivity contribution is -0.122. The predicted octanol–water partition coefficient (Wildman–Crippen LogP) is 3.11. The molecular weight excluding hydrogens is 452 g/mol. The van der Waals surface area contributed by atoms with Crippen LogP contribution in [0.5, 0.6) is 0 Å². The fraction of sp³-hybridized carbons (Fsp3) is 0.333. The number of furan rings is 1. The molecule has 7 nitrogen and oxygen atoms in total. The van der Waals surface area contributed by atoms with E-state index < -0.39 is 0 Å². The normalized spacial score (nSPS) is 18.2. The van der Waals surface area contributed by atoms with E-state index in [1.165, 1.54) is 21.2 Å². The van der Waals surface area contributed by atoms with Crippen molar-refractivity contribution >= 4 is 57.9 Å². The lowest BCUT2D eigenvalue weighted by Crippen LogP contribution is -2.38. The van der Waals surface area contributed by atoms with E-state index in [9.17, 15) is 14.9 Å². The van der Waals surface area contributed by atoms with Gasteiger partial charge in [0.15, 0.2) is 0 Å². The number of rotatable bonds is 4. The minimum absolute atomic E-state index is 0.0925. The SMILES string of the molecule is Cc1c(C=C2SC(=S)N(Cc3ccco3)C2=O)c(N2CCSCC2)n(C)c(=O)c1C#N. The zero-order valence-electron chi connectivity index (χ0n) is 17.1. The van der Waals surface area contributed by atoms with Gasteiger partial charge in [-0.2, -0.15) is 17.0 Å². The smallest absolute Gasteiger partial charge is 0.270 e. The number of aromatic nitrogens is 1. The third-order valence-corrected chi connectivity index (χ3v) is 7.64. The van der Waals surface area contributed by atoms with E-state index in [2.05, 4.69) is 4.90 Å². The standard InChI is InChI=1S/C21H20N4O3S3/c1-13-15(10-17-20(27)25(21(29)31-17)12-14-4-3-7-28-14)18(24-5-8-30-9-6-24)23(2)19(26)16(13)11-22/h3-4,7,10H,5-6,8-9,12H2,1-2H3. The van der Waals surface area contributed by atoms with Crippen molar-refractivity contribution in [3.8, 4) is 6.07 Å². The number of thioether (sulfide) groups is 2. The molecule has 10 heteroatoms. The van der Waals surface area contributed by atoms with Crippen LogP contribution >= 0.6 is 35.7 Å². The molecular formula is C21H20N4O3S3. The minimum atomic E-state index is -0.323. The number of nitriles is 1. The molecule has 2 aromatic rings. The highest BCUT2D eigenvalue weighted by molar-refractivity contribution is 8.26. The van der Waals surface area contributed by atoms with E-state index in [1.54, 1.807) is 38.4 Å². The first kappa shape index (κ1) is 21.7. The van der Waals surface area contributed by atoms with Crippen LogP contribution in [0, 0.1) is 18.3 Å². The van der Waals surface area contributed by atoms with Gasteiger partial charge in [-0.3, -0.25) is 19.1 Å². The van der Waals surface area contributed by atoms with E-state index >= 15 is 0 Å². The third-order valence-electron chi connectivity index (χ3n) is 5.32. The maximum atomic E-state index is 13.1. The number of nitrogens with zero attached hydrogens (tertiary/aromatic N) is 4. The molecule has 4 heterocycles. The van der Waals surface area contributed by atoms with Crippen LogP contribution in [0.25, 0.3) is 6.08 Å². The molecule has 0 bridgehead atoms. The lowest BCUT2D eigenvalue weighted by atomic mass is 10.0. The maximum Gasteiger partial charge on any atom is 0.270 e. The predicted molar refractivity (Wildman–Crippen MR) is 128 cm³/mol. The second-order valence-corrected chi connectivity index (χ2v) is 10.1. The molecule has 31 heavy (non-hydrogen) atoms. The second-order valence-electron chi connectivity index (χ2n) is 7.16. The van der Waals surface area contributed by atoms with Gasteiger partial charge < -0.3 is 9.32 Å². The number of thiocarbonyl (C=S) groups is 1. The summed E-state index contributed by atoms with van der Waals surface area (Å²) in [6.07, 6.45) is 3.33. The van der Waals surface area contributed by atoms with Gasteiger partial charge in [-0.25, -0.2) is 0 Å². The van der Waals surface area contributed by atoms with Gasteiger partial charge in [0, 0.05) is 37.2 Å². The van der Waals surface area contributed by atoms with Crippen LogP contribution in [-0.2, 0) is 18.4 Å². The quantitative estimate of drug-likeness (QED) is 0.496. The van der Waals surface area contributed by atoms with Gasteiger partial charge in [0.05, 0.1) is 17.7 Å². The number of anilines is 1. The molecule has 2 fully saturated rings. The zero-order valence-corrected chi connectivity index (χ0v) is 19.5. The van der Waals surface area contributed by atoms with Crippen molar-refractivity contribution in [1.82, 2.24) is 9.47 Å². The molecule has 2 aliphatic rings. The van der Waals surface area contributed by atoms with Crippen LogP contribution in [0.3, 0.4) is 0 Å². The molecule has 2 aliphatic heterocycles. The van der Waals surface area contributed by atoms with Gasteiger partial charge in [-0.05, 0) is 30.7 Å². The van der Waals surface area contributed by atoms with Gasteiger partial charge in [0.25, 0.3) is 11.5 Å². The first-order chi connectivity index (χ1) is 14.9. The Bertz CT molecular complexity index is 1170. The summed E-state index contributed by atoms with van der Waals surface area (Å²) in [5, 5.41) is 9.58. The van der Waals surface area contributed by atoms with E-state index in [1.807, 2.05) is 17.8 Å². The molecule has 0 aliphatic carbocycles. The Morgan fingerprint density at radius 2 is 2.06 bits per heavy atom. The van der Waals surface area contributed by atoms with Gasteiger partial charge >= 0.3 is 0 Å². The monoisotopic (exact) mass is 472 g/mol. The highest BCUT2D eigenvalue weighted by Gasteiger charge is 2.33. The molecule has 4 rings (SSSR count). The average molecular weight is 473 g/mol. The van der Waals surface area contributed by atoms with Crippen LogP contribution < -0.4 is 10.5 Å². The summed E-state index contributed by atoms with van der Waals surface area (Å²) >= 11 is 8.52. The van der Waals surface area contributed by atoms with Gasteiger partial charge in [0.1, 0.15) is 27.5 Å². The Balaban J connectivity index is 1.80. The Hall–Kier alpha value is -2.48. The lowest BCUT2D eigenvalue weighted by Gasteiger charge is -2.32. The van der Waals surface area contributed by atoms with Crippen LogP contribution in [0.1, 0.15) is 22.5 Å². The van der Waals surface area contributed by atoms with Crippen molar-refractivity contribution in [1.29, 1.82) is 5.26 Å². The molecule has 2 aromatic heterocycles. The van der Waals surface area contributed by atoms with Crippen molar-refractivity contribution in [2.24, 2.45) is 7.05 Å². The molecule has 0 unspecified atom stereocenters. The minimum Gasteiger partial charge on any atom is -0.467 e. The number of pyridine rings is 1. The molecule has 0 saturated carbocycles. The van der Waals surface area contributed by atoms with Gasteiger partial charge in [0.2, 0.25) is 0 Å².